The van der Waals surface area contributed by atoms with Crippen molar-refractivity contribution in [2.24, 2.45) is 5.73 Å². The summed E-state index contributed by atoms with van der Waals surface area (Å²) in [5, 5.41) is 8.69. The van der Waals surface area contributed by atoms with Crippen LogP contribution in [0.2, 0.25) is 0 Å². The van der Waals surface area contributed by atoms with Crippen LogP contribution >= 0.6 is 0 Å². The summed E-state index contributed by atoms with van der Waals surface area (Å²) in [6.07, 6.45) is 36.3. The van der Waals surface area contributed by atoms with Gasteiger partial charge in [0.1, 0.15) is 6.04 Å². The minimum atomic E-state index is -1.08. The normalized spacial score (nSPS) is 12.9. The third kappa shape index (κ3) is 29.7. The van der Waals surface area contributed by atoms with Gasteiger partial charge in [-0.1, -0.05) is 167 Å². The highest BCUT2D eigenvalue weighted by molar-refractivity contribution is 5.81. The van der Waals surface area contributed by atoms with Gasteiger partial charge in [0.25, 0.3) is 0 Å². The third-order valence-corrected chi connectivity index (χ3v) is 7.98. The zero-order valence-corrected chi connectivity index (χ0v) is 26.2. The standard InChI is InChI=1S/C34H67NO4/c1-3-4-5-6-7-8-9-10-11-12-13-14-15-16-17-18-19-20-21-22-23-24-25-26-27-28-29-31(2)39-34(38)32(35)30-33(36)37/h31-32H,3-30,35H2,1-2H3,(H,36,37)/t31?,32-/m0/s1. The molecule has 5 nitrogen and oxygen atoms in total. The molecule has 0 radical (unpaired) electrons. The number of carboxylic acid groups (broad SMARTS) is 1. The fourth-order valence-corrected chi connectivity index (χ4v) is 5.36. The van der Waals surface area contributed by atoms with E-state index in [1.165, 1.54) is 154 Å². The van der Waals surface area contributed by atoms with Crippen LogP contribution in [-0.4, -0.2) is 29.2 Å². The Labute approximate surface area is 242 Å². The Balaban J connectivity index is 3.21. The van der Waals surface area contributed by atoms with Crippen LogP contribution in [0.15, 0.2) is 0 Å². The molecule has 39 heavy (non-hydrogen) atoms. The van der Waals surface area contributed by atoms with Gasteiger partial charge in [0, 0.05) is 0 Å². The lowest BCUT2D eigenvalue weighted by Gasteiger charge is -2.15. The summed E-state index contributed by atoms with van der Waals surface area (Å²) in [6, 6.07) is -1.07. The van der Waals surface area contributed by atoms with E-state index in [0.29, 0.717) is 0 Å². The number of carbonyl (C=O) groups excluding carboxylic acids is 1. The van der Waals surface area contributed by atoms with Crippen molar-refractivity contribution in [3.8, 4) is 0 Å². The van der Waals surface area contributed by atoms with E-state index in [9.17, 15) is 9.59 Å². The average molecular weight is 554 g/mol. The third-order valence-electron chi connectivity index (χ3n) is 7.98. The van der Waals surface area contributed by atoms with Gasteiger partial charge in [-0.25, -0.2) is 0 Å². The molecular formula is C34H67NO4. The highest BCUT2D eigenvalue weighted by Crippen LogP contribution is 2.16. The van der Waals surface area contributed by atoms with Crippen molar-refractivity contribution in [3.63, 3.8) is 0 Å². The number of ether oxygens (including phenoxy) is 1. The molecule has 0 rings (SSSR count). The molecule has 0 saturated heterocycles. The molecule has 0 aromatic heterocycles. The van der Waals surface area contributed by atoms with Gasteiger partial charge < -0.3 is 15.6 Å². The van der Waals surface area contributed by atoms with Crippen molar-refractivity contribution in [1.82, 2.24) is 0 Å². The fraction of sp³-hybridized carbons (Fsp3) is 0.941. The van der Waals surface area contributed by atoms with E-state index in [2.05, 4.69) is 6.92 Å². The number of hydrogen-bond donors (Lipinski definition) is 2. The molecule has 0 heterocycles. The summed E-state index contributed by atoms with van der Waals surface area (Å²) in [7, 11) is 0. The topological polar surface area (TPSA) is 89.6 Å². The Bertz CT molecular complexity index is 539. The molecule has 0 aliphatic carbocycles. The molecule has 0 fully saturated rings. The van der Waals surface area contributed by atoms with Gasteiger partial charge in [-0.3, -0.25) is 9.59 Å². The largest absolute Gasteiger partial charge is 0.481 e. The Kier molecular flexibility index (Phi) is 29.0. The zero-order chi connectivity index (χ0) is 28.8. The maximum atomic E-state index is 11.7. The van der Waals surface area contributed by atoms with Gasteiger partial charge in [-0.15, -0.1) is 0 Å². The molecule has 232 valence electrons. The fourth-order valence-electron chi connectivity index (χ4n) is 5.36. The number of aliphatic carboxylic acids is 1. The first-order valence-corrected chi connectivity index (χ1v) is 17.1. The second kappa shape index (κ2) is 29.9. The van der Waals surface area contributed by atoms with Crippen molar-refractivity contribution in [2.75, 3.05) is 0 Å². The van der Waals surface area contributed by atoms with E-state index in [-0.39, 0.29) is 12.5 Å². The molecule has 0 aliphatic heterocycles. The van der Waals surface area contributed by atoms with Crippen LogP contribution in [0.3, 0.4) is 0 Å². The van der Waals surface area contributed by atoms with Gasteiger partial charge in [0.2, 0.25) is 0 Å². The second-order valence-corrected chi connectivity index (χ2v) is 12.1. The van der Waals surface area contributed by atoms with Crippen molar-refractivity contribution < 1.29 is 19.4 Å². The van der Waals surface area contributed by atoms with E-state index in [0.717, 1.165) is 19.3 Å². The van der Waals surface area contributed by atoms with E-state index >= 15 is 0 Å². The summed E-state index contributed by atoms with van der Waals surface area (Å²) in [6.45, 7) is 4.14. The maximum absolute atomic E-state index is 11.7. The molecule has 0 aliphatic rings. The number of carbonyl (C=O) groups is 2. The number of esters is 1. The zero-order valence-electron chi connectivity index (χ0n) is 26.2. The van der Waals surface area contributed by atoms with Crippen LogP contribution in [0.1, 0.15) is 194 Å². The molecule has 0 aromatic carbocycles. The molecule has 0 saturated carbocycles. The van der Waals surface area contributed by atoms with Crippen molar-refractivity contribution in [2.45, 2.75) is 206 Å². The number of hydrogen-bond acceptors (Lipinski definition) is 4. The molecule has 0 spiro atoms. The molecule has 0 aromatic rings. The Morgan fingerprint density at radius 2 is 0.846 bits per heavy atom. The van der Waals surface area contributed by atoms with Gasteiger partial charge in [0.05, 0.1) is 12.5 Å². The lowest BCUT2D eigenvalue weighted by molar-refractivity contribution is -0.153. The highest BCUT2D eigenvalue weighted by Gasteiger charge is 2.20. The van der Waals surface area contributed by atoms with Crippen LogP contribution < -0.4 is 5.73 Å². The molecule has 5 heteroatoms. The molecular weight excluding hydrogens is 486 g/mol. The first kappa shape index (κ1) is 37.9. The minimum Gasteiger partial charge on any atom is -0.481 e. The predicted molar refractivity (Wildman–Crippen MR) is 166 cm³/mol. The van der Waals surface area contributed by atoms with Crippen molar-refractivity contribution in [1.29, 1.82) is 0 Å². The van der Waals surface area contributed by atoms with Crippen molar-refractivity contribution >= 4 is 11.9 Å². The lowest BCUT2D eigenvalue weighted by Crippen LogP contribution is -2.36. The Morgan fingerprint density at radius 3 is 1.13 bits per heavy atom. The van der Waals surface area contributed by atoms with Crippen molar-refractivity contribution in [3.05, 3.63) is 0 Å². The van der Waals surface area contributed by atoms with Crippen LogP contribution in [0.4, 0.5) is 0 Å². The number of rotatable bonds is 31. The number of carboxylic acids is 1. The summed E-state index contributed by atoms with van der Waals surface area (Å²) >= 11 is 0. The van der Waals surface area contributed by atoms with Crippen LogP contribution in [0, 0.1) is 0 Å². The molecule has 3 N–H and O–H groups in total. The molecule has 2 atom stereocenters. The first-order chi connectivity index (χ1) is 19.0. The average Bonchev–Trinajstić information content (AvgIpc) is 2.90. The maximum Gasteiger partial charge on any atom is 0.323 e. The highest BCUT2D eigenvalue weighted by atomic mass is 16.5. The van der Waals surface area contributed by atoms with E-state index < -0.39 is 18.0 Å². The lowest BCUT2D eigenvalue weighted by atomic mass is 10.0. The Hall–Kier alpha value is -1.10. The molecule has 1 unspecified atom stereocenters. The SMILES string of the molecule is CCCCCCCCCCCCCCCCCCCCCCCCCCCCC(C)OC(=O)[C@@H](N)CC(=O)O. The second-order valence-electron chi connectivity index (χ2n) is 12.1. The summed E-state index contributed by atoms with van der Waals surface area (Å²) in [5.74, 6) is -1.69. The summed E-state index contributed by atoms with van der Waals surface area (Å²) in [4.78, 5) is 22.3. The number of unbranched alkanes of at least 4 members (excludes halogenated alkanes) is 25. The van der Waals surface area contributed by atoms with E-state index in [1.807, 2.05) is 6.92 Å². The first-order valence-electron chi connectivity index (χ1n) is 17.1. The van der Waals surface area contributed by atoms with E-state index in [4.69, 9.17) is 15.6 Å². The number of nitrogens with two attached hydrogens (primary N) is 1. The smallest absolute Gasteiger partial charge is 0.323 e. The minimum absolute atomic E-state index is 0.202. The molecule has 0 amide bonds. The van der Waals surface area contributed by atoms with Gasteiger partial charge in [-0.2, -0.15) is 0 Å². The van der Waals surface area contributed by atoms with Gasteiger partial charge in [0.15, 0.2) is 0 Å². The van der Waals surface area contributed by atoms with Crippen LogP contribution in [-0.2, 0) is 14.3 Å². The quantitative estimate of drug-likeness (QED) is 0.0658. The van der Waals surface area contributed by atoms with Crippen LogP contribution in [0.25, 0.3) is 0 Å². The van der Waals surface area contributed by atoms with Gasteiger partial charge in [-0.05, 0) is 19.8 Å². The van der Waals surface area contributed by atoms with E-state index in [1.54, 1.807) is 0 Å². The van der Waals surface area contributed by atoms with Gasteiger partial charge >= 0.3 is 11.9 Å². The van der Waals surface area contributed by atoms with Crippen LogP contribution in [0.5, 0.6) is 0 Å². The monoisotopic (exact) mass is 554 g/mol. The summed E-state index contributed by atoms with van der Waals surface area (Å²) in [5.41, 5.74) is 5.53. The Morgan fingerprint density at radius 1 is 0.564 bits per heavy atom. The predicted octanol–water partition coefficient (Wildman–Crippen LogP) is 10.3. The summed E-state index contributed by atoms with van der Waals surface area (Å²) < 4.78 is 5.24. The molecule has 0 bridgehead atoms.